The number of ether oxygens (including phenoxy) is 2. The van der Waals surface area contributed by atoms with E-state index in [0.29, 0.717) is 13.1 Å². The number of fused-ring (bicyclic) bond motifs is 1. The molecule has 1 aliphatic rings. The molecule has 1 N–H and O–H groups in total. The fourth-order valence-corrected chi connectivity index (χ4v) is 3.47. The monoisotopic (exact) mass is 361 g/mol. The second-order valence-corrected chi connectivity index (χ2v) is 7.05. The zero-order valence-electron chi connectivity index (χ0n) is 14.7. The molecule has 0 aliphatic carbocycles. The van der Waals surface area contributed by atoms with Crippen LogP contribution in [0.4, 0.5) is 4.79 Å². The van der Waals surface area contributed by atoms with E-state index in [-0.39, 0.29) is 18.9 Å². The minimum absolute atomic E-state index is 0.0975. The van der Waals surface area contributed by atoms with Crippen LogP contribution in [0, 0.1) is 0 Å². The first-order chi connectivity index (χ1) is 12.0. The molecule has 3 rings (SSSR count). The molecule has 0 saturated carbocycles. The van der Waals surface area contributed by atoms with Crippen molar-refractivity contribution in [3.63, 3.8) is 0 Å². The summed E-state index contributed by atoms with van der Waals surface area (Å²) in [6, 6.07) is 7.90. The maximum Gasteiger partial charge on any atom is 0.317 e. The smallest absolute Gasteiger partial charge is 0.317 e. The number of hydrogen-bond acceptors (Lipinski definition) is 5. The molecule has 0 saturated heterocycles. The van der Waals surface area contributed by atoms with Gasteiger partial charge in [-0.1, -0.05) is 6.07 Å². The molecule has 0 unspecified atom stereocenters. The predicted octanol–water partition coefficient (Wildman–Crippen LogP) is 2.92. The predicted molar refractivity (Wildman–Crippen MR) is 98.2 cm³/mol. The molecular weight excluding hydrogens is 338 g/mol. The number of carbonyl (C=O) groups excluding carboxylic acids is 1. The average Bonchev–Trinajstić information content (AvgIpc) is 3.25. The maximum atomic E-state index is 12.4. The number of nitrogens with one attached hydrogen (secondary N) is 1. The summed E-state index contributed by atoms with van der Waals surface area (Å²) < 4.78 is 10.7. The van der Waals surface area contributed by atoms with Crippen LogP contribution in [0.5, 0.6) is 11.5 Å². The molecule has 1 aromatic carbocycles. The Morgan fingerprint density at radius 1 is 1.24 bits per heavy atom. The number of urea groups is 1. The summed E-state index contributed by atoms with van der Waals surface area (Å²) in [5.74, 6) is 1.48. The number of likely N-dealkylation sites (N-methyl/N-ethyl adjacent to an activating group) is 1. The van der Waals surface area contributed by atoms with Crippen molar-refractivity contribution in [1.82, 2.24) is 15.1 Å². The van der Waals surface area contributed by atoms with Crippen LogP contribution in [-0.4, -0.2) is 50.3 Å². The lowest BCUT2D eigenvalue weighted by Crippen LogP contribution is -2.41. The minimum atomic E-state index is -0.0975. The van der Waals surface area contributed by atoms with E-state index >= 15 is 0 Å². The molecule has 6 nitrogen and oxygen atoms in total. The Bertz CT molecular complexity index is 718. The van der Waals surface area contributed by atoms with Crippen LogP contribution in [0.15, 0.2) is 35.0 Å². The van der Waals surface area contributed by atoms with Crippen LogP contribution in [0.3, 0.4) is 0 Å². The van der Waals surface area contributed by atoms with Crippen LogP contribution in [0.25, 0.3) is 0 Å². The number of carbonyl (C=O) groups is 1. The largest absolute Gasteiger partial charge is 0.454 e. The summed E-state index contributed by atoms with van der Waals surface area (Å²) >= 11 is 1.67. The zero-order chi connectivity index (χ0) is 17.8. The SMILES string of the molecule is CN(Cc1ccc2c(c1)OCO2)C(=O)NC[C@H](c1ccsc1)N(C)C. The van der Waals surface area contributed by atoms with E-state index in [4.69, 9.17) is 9.47 Å². The highest BCUT2D eigenvalue weighted by Gasteiger charge is 2.18. The first-order valence-electron chi connectivity index (χ1n) is 8.10. The van der Waals surface area contributed by atoms with Crippen LogP contribution >= 0.6 is 11.3 Å². The molecule has 0 fully saturated rings. The summed E-state index contributed by atoms with van der Waals surface area (Å²) in [5, 5.41) is 7.19. The average molecular weight is 361 g/mol. The molecule has 25 heavy (non-hydrogen) atoms. The lowest BCUT2D eigenvalue weighted by atomic mass is 10.1. The van der Waals surface area contributed by atoms with E-state index in [2.05, 4.69) is 27.0 Å². The van der Waals surface area contributed by atoms with Crippen LogP contribution in [0.1, 0.15) is 17.2 Å². The molecule has 0 radical (unpaired) electrons. The summed E-state index contributed by atoms with van der Waals surface area (Å²) in [5.41, 5.74) is 2.22. The molecule has 2 amide bonds. The first kappa shape index (κ1) is 17.6. The van der Waals surface area contributed by atoms with Gasteiger partial charge < -0.3 is 24.6 Å². The summed E-state index contributed by atoms with van der Waals surface area (Å²) in [6.07, 6.45) is 0. The van der Waals surface area contributed by atoms with E-state index in [1.54, 1.807) is 23.3 Å². The molecule has 2 aromatic rings. The Balaban J connectivity index is 1.55. The van der Waals surface area contributed by atoms with E-state index in [0.717, 1.165) is 17.1 Å². The summed E-state index contributed by atoms with van der Waals surface area (Å²) in [7, 11) is 5.82. The fraction of sp³-hybridized carbons (Fsp3) is 0.389. The van der Waals surface area contributed by atoms with Gasteiger partial charge in [-0.15, -0.1) is 0 Å². The lowest BCUT2D eigenvalue weighted by Gasteiger charge is -2.26. The Labute approximate surface area is 152 Å². The van der Waals surface area contributed by atoms with E-state index in [1.807, 2.05) is 32.3 Å². The number of rotatable bonds is 6. The van der Waals surface area contributed by atoms with E-state index in [1.165, 1.54) is 5.56 Å². The van der Waals surface area contributed by atoms with Gasteiger partial charge in [0.05, 0.1) is 6.04 Å². The van der Waals surface area contributed by atoms with Crippen molar-refractivity contribution in [1.29, 1.82) is 0 Å². The second-order valence-electron chi connectivity index (χ2n) is 6.27. The van der Waals surface area contributed by atoms with Gasteiger partial charge in [0.2, 0.25) is 6.79 Å². The van der Waals surface area contributed by atoms with Gasteiger partial charge in [0, 0.05) is 20.1 Å². The normalized spacial score (nSPS) is 13.8. The molecular formula is C18H23N3O3S. The fourth-order valence-electron chi connectivity index (χ4n) is 2.77. The zero-order valence-corrected chi connectivity index (χ0v) is 15.5. The van der Waals surface area contributed by atoms with Crippen molar-refractivity contribution >= 4 is 17.4 Å². The quantitative estimate of drug-likeness (QED) is 0.860. The third-order valence-electron chi connectivity index (χ3n) is 4.20. The van der Waals surface area contributed by atoms with Gasteiger partial charge in [-0.3, -0.25) is 0 Å². The summed E-state index contributed by atoms with van der Waals surface area (Å²) in [4.78, 5) is 16.2. The molecule has 134 valence electrons. The molecule has 1 atom stereocenters. The van der Waals surface area contributed by atoms with Crippen LogP contribution in [0.2, 0.25) is 0 Å². The van der Waals surface area contributed by atoms with Crippen LogP contribution < -0.4 is 14.8 Å². The third-order valence-corrected chi connectivity index (χ3v) is 4.90. The number of nitrogens with zero attached hydrogens (tertiary/aromatic N) is 2. The van der Waals surface area contributed by atoms with Crippen molar-refractivity contribution in [2.24, 2.45) is 0 Å². The third kappa shape index (κ3) is 4.24. The molecule has 1 aromatic heterocycles. The van der Waals surface area contributed by atoms with Crippen molar-refractivity contribution in [2.45, 2.75) is 12.6 Å². The van der Waals surface area contributed by atoms with E-state index in [9.17, 15) is 4.79 Å². The maximum absolute atomic E-state index is 12.4. The summed E-state index contributed by atoms with van der Waals surface area (Å²) in [6.45, 7) is 1.32. The molecule has 2 heterocycles. The number of hydrogen-bond donors (Lipinski definition) is 1. The topological polar surface area (TPSA) is 54.0 Å². The molecule has 1 aliphatic heterocycles. The van der Waals surface area contributed by atoms with Gasteiger partial charge in [-0.05, 0) is 54.2 Å². The van der Waals surface area contributed by atoms with Crippen LogP contribution in [-0.2, 0) is 6.54 Å². The number of amides is 2. The second kappa shape index (κ2) is 7.76. The highest BCUT2D eigenvalue weighted by Crippen LogP contribution is 2.32. The van der Waals surface area contributed by atoms with Gasteiger partial charge in [0.25, 0.3) is 0 Å². The number of benzene rings is 1. The number of thiophene rings is 1. The Morgan fingerprint density at radius 2 is 2.04 bits per heavy atom. The standard InChI is InChI=1S/C18H23N3O3S/c1-20(2)15(14-6-7-25-11-14)9-19-18(22)21(3)10-13-4-5-16-17(8-13)24-12-23-16/h4-8,11,15H,9-10,12H2,1-3H3,(H,19,22)/t15-/m1/s1. The van der Waals surface area contributed by atoms with E-state index < -0.39 is 0 Å². The minimum Gasteiger partial charge on any atom is -0.454 e. The van der Waals surface area contributed by atoms with Gasteiger partial charge in [-0.25, -0.2) is 4.79 Å². The highest BCUT2D eigenvalue weighted by molar-refractivity contribution is 7.07. The van der Waals surface area contributed by atoms with Crippen molar-refractivity contribution in [3.05, 3.63) is 46.2 Å². The molecule has 7 heteroatoms. The lowest BCUT2D eigenvalue weighted by molar-refractivity contribution is 0.174. The van der Waals surface area contributed by atoms with Crippen molar-refractivity contribution in [3.8, 4) is 11.5 Å². The Hall–Kier alpha value is -2.25. The Morgan fingerprint density at radius 3 is 2.76 bits per heavy atom. The van der Waals surface area contributed by atoms with Gasteiger partial charge >= 0.3 is 6.03 Å². The highest BCUT2D eigenvalue weighted by atomic mass is 32.1. The van der Waals surface area contributed by atoms with Crippen molar-refractivity contribution < 1.29 is 14.3 Å². The molecule has 0 spiro atoms. The van der Waals surface area contributed by atoms with Gasteiger partial charge in [0.1, 0.15) is 0 Å². The van der Waals surface area contributed by atoms with Gasteiger partial charge in [-0.2, -0.15) is 11.3 Å². The van der Waals surface area contributed by atoms with Gasteiger partial charge in [0.15, 0.2) is 11.5 Å². The van der Waals surface area contributed by atoms with Crippen molar-refractivity contribution in [2.75, 3.05) is 34.5 Å². The Kier molecular flexibility index (Phi) is 5.45. The first-order valence-corrected chi connectivity index (χ1v) is 9.05. The molecule has 0 bridgehead atoms.